The first-order valence-electron chi connectivity index (χ1n) is 8.44. The number of hydrogen-bond acceptors (Lipinski definition) is 4. The standard InChI is InChI=1S/C16H30N2O2/c1-2-13-3-6-18(15(9-13)11-17)14-4-7-20-16(10-14)5-8-19-12-16/h13-15H,2-12,17H2,1H3. The predicted octanol–water partition coefficient (Wildman–Crippen LogP) is 1.77. The number of nitrogens with two attached hydrogens (primary N) is 1. The van der Waals surface area contributed by atoms with E-state index in [4.69, 9.17) is 15.2 Å². The third-order valence-electron chi connectivity index (χ3n) is 5.72. The minimum Gasteiger partial charge on any atom is -0.378 e. The summed E-state index contributed by atoms with van der Waals surface area (Å²) in [6.07, 6.45) is 7.30. The van der Waals surface area contributed by atoms with Crippen molar-refractivity contribution in [3.05, 3.63) is 0 Å². The van der Waals surface area contributed by atoms with Gasteiger partial charge in [0.2, 0.25) is 0 Å². The molecule has 0 aromatic carbocycles. The van der Waals surface area contributed by atoms with E-state index in [0.29, 0.717) is 12.1 Å². The number of hydrogen-bond donors (Lipinski definition) is 1. The molecule has 3 fully saturated rings. The fourth-order valence-corrected chi connectivity index (χ4v) is 4.38. The Morgan fingerprint density at radius 2 is 2.20 bits per heavy atom. The van der Waals surface area contributed by atoms with Crippen LogP contribution in [0.15, 0.2) is 0 Å². The van der Waals surface area contributed by atoms with Gasteiger partial charge in [0.25, 0.3) is 0 Å². The van der Waals surface area contributed by atoms with Gasteiger partial charge in [-0.25, -0.2) is 0 Å². The summed E-state index contributed by atoms with van der Waals surface area (Å²) in [4.78, 5) is 2.70. The van der Waals surface area contributed by atoms with Gasteiger partial charge in [0.15, 0.2) is 0 Å². The fourth-order valence-electron chi connectivity index (χ4n) is 4.38. The molecule has 0 saturated carbocycles. The first-order valence-corrected chi connectivity index (χ1v) is 8.44. The second-order valence-electron chi connectivity index (χ2n) is 6.91. The first kappa shape index (κ1) is 14.8. The van der Waals surface area contributed by atoms with Gasteiger partial charge in [-0.15, -0.1) is 0 Å². The van der Waals surface area contributed by atoms with Crippen molar-refractivity contribution in [2.45, 2.75) is 63.1 Å². The molecule has 0 aliphatic carbocycles. The quantitative estimate of drug-likeness (QED) is 0.857. The summed E-state index contributed by atoms with van der Waals surface area (Å²) in [5, 5.41) is 0. The van der Waals surface area contributed by atoms with Crippen LogP contribution in [0.2, 0.25) is 0 Å². The molecule has 3 aliphatic heterocycles. The van der Waals surface area contributed by atoms with E-state index in [2.05, 4.69) is 11.8 Å². The molecule has 2 N–H and O–H groups in total. The summed E-state index contributed by atoms with van der Waals surface area (Å²) in [7, 11) is 0. The summed E-state index contributed by atoms with van der Waals surface area (Å²) in [6.45, 7) is 6.89. The van der Waals surface area contributed by atoms with E-state index in [-0.39, 0.29) is 5.60 Å². The molecule has 4 heteroatoms. The molecule has 3 rings (SSSR count). The van der Waals surface area contributed by atoms with Crippen molar-refractivity contribution in [2.75, 3.05) is 32.9 Å². The maximum Gasteiger partial charge on any atom is 0.0951 e. The second kappa shape index (κ2) is 6.30. The van der Waals surface area contributed by atoms with E-state index in [1.165, 1.54) is 25.8 Å². The Hall–Kier alpha value is -0.160. The Balaban J connectivity index is 1.65. The van der Waals surface area contributed by atoms with Crippen molar-refractivity contribution in [1.82, 2.24) is 4.90 Å². The van der Waals surface area contributed by atoms with Gasteiger partial charge in [0.05, 0.1) is 12.2 Å². The summed E-state index contributed by atoms with van der Waals surface area (Å²) in [5.74, 6) is 0.878. The van der Waals surface area contributed by atoms with E-state index in [9.17, 15) is 0 Å². The highest BCUT2D eigenvalue weighted by Crippen LogP contribution is 2.37. The molecule has 20 heavy (non-hydrogen) atoms. The molecule has 1 spiro atoms. The van der Waals surface area contributed by atoms with Crippen molar-refractivity contribution in [1.29, 1.82) is 0 Å². The average molecular weight is 282 g/mol. The van der Waals surface area contributed by atoms with Gasteiger partial charge in [-0.1, -0.05) is 13.3 Å². The Bertz CT molecular complexity index is 318. The highest BCUT2D eigenvalue weighted by Gasteiger charge is 2.44. The van der Waals surface area contributed by atoms with Crippen LogP contribution < -0.4 is 5.73 Å². The van der Waals surface area contributed by atoms with Crippen molar-refractivity contribution >= 4 is 0 Å². The fraction of sp³-hybridized carbons (Fsp3) is 1.00. The normalized spacial score (nSPS) is 43.2. The molecule has 0 aromatic rings. The van der Waals surface area contributed by atoms with Crippen molar-refractivity contribution < 1.29 is 9.47 Å². The minimum absolute atomic E-state index is 0.0175. The number of nitrogens with zero attached hydrogens (tertiary/aromatic N) is 1. The zero-order chi connectivity index (χ0) is 14.0. The summed E-state index contributed by atoms with van der Waals surface area (Å²) in [5.41, 5.74) is 6.08. The van der Waals surface area contributed by atoms with E-state index < -0.39 is 0 Å². The van der Waals surface area contributed by atoms with Gasteiger partial charge in [0, 0.05) is 38.3 Å². The van der Waals surface area contributed by atoms with Gasteiger partial charge in [0.1, 0.15) is 0 Å². The molecule has 3 saturated heterocycles. The Morgan fingerprint density at radius 3 is 2.90 bits per heavy atom. The number of likely N-dealkylation sites (tertiary alicyclic amines) is 1. The van der Waals surface area contributed by atoms with Crippen LogP contribution in [-0.2, 0) is 9.47 Å². The maximum atomic E-state index is 6.08. The Kier molecular flexibility index (Phi) is 4.65. The number of piperidine rings is 1. The molecule has 0 bridgehead atoms. The Morgan fingerprint density at radius 1 is 1.30 bits per heavy atom. The van der Waals surface area contributed by atoms with Gasteiger partial charge in [-0.3, -0.25) is 4.90 Å². The van der Waals surface area contributed by atoms with Crippen LogP contribution in [-0.4, -0.2) is 55.5 Å². The van der Waals surface area contributed by atoms with Gasteiger partial charge < -0.3 is 15.2 Å². The second-order valence-corrected chi connectivity index (χ2v) is 6.91. The van der Waals surface area contributed by atoms with E-state index >= 15 is 0 Å². The molecule has 0 amide bonds. The summed E-state index contributed by atoms with van der Waals surface area (Å²) < 4.78 is 11.7. The monoisotopic (exact) mass is 282 g/mol. The predicted molar refractivity (Wildman–Crippen MR) is 79.7 cm³/mol. The van der Waals surface area contributed by atoms with E-state index in [0.717, 1.165) is 51.5 Å². The van der Waals surface area contributed by atoms with Gasteiger partial charge in [-0.2, -0.15) is 0 Å². The van der Waals surface area contributed by atoms with Crippen LogP contribution in [0.4, 0.5) is 0 Å². The molecule has 116 valence electrons. The highest BCUT2D eigenvalue weighted by atomic mass is 16.6. The lowest BCUT2D eigenvalue weighted by Crippen LogP contribution is -2.56. The molecule has 4 unspecified atom stereocenters. The van der Waals surface area contributed by atoms with Crippen molar-refractivity contribution in [3.8, 4) is 0 Å². The SMILES string of the molecule is CCC1CCN(C2CCOC3(CCOC3)C2)C(CN)C1. The molecule has 4 atom stereocenters. The molecule has 4 nitrogen and oxygen atoms in total. The minimum atomic E-state index is 0.0175. The van der Waals surface area contributed by atoms with E-state index in [1.807, 2.05) is 0 Å². The number of rotatable bonds is 3. The number of ether oxygens (including phenoxy) is 2. The summed E-state index contributed by atoms with van der Waals surface area (Å²) >= 11 is 0. The largest absolute Gasteiger partial charge is 0.378 e. The summed E-state index contributed by atoms with van der Waals surface area (Å²) in [6, 6.07) is 1.23. The lowest BCUT2D eigenvalue weighted by Gasteiger charge is -2.48. The van der Waals surface area contributed by atoms with Gasteiger partial charge >= 0.3 is 0 Å². The Labute approximate surface area is 123 Å². The van der Waals surface area contributed by atoms with Crippen LogP contribution in [0.5, 0.6) is 0 Å². The average Bonchev–Trinajstić information content (AvgIpc) is 2.94. The zero-order valence-electron chi connectivity index (χ0n) is 12.9. The molecular weight excluding hydrogens is 252 g/mol. The van der Waals surface area contributed by atoms with Crippen LogP contribution >= 0.6 is 0 Å². The van der Waals surface area contributed by atoms with Crippen LogP contribution in [0.25, 0.3) is 0 Å². The van der Waals surface area contributed by atoms with Crippen LogP contribution in [0.3, 0.4) is 0 Å². The molecule has 3 heterocycles. The van der Waals surface area contributed by atoms with Crippen LogP contribution in [0, 0.1) is 5.92 Å². The van der Waals surface area contributed by atoms with Crippen molar-refractivity contribution in [3.63, 3.8) is 0 Å². The van der Waals surface area contributed by atoms with Crippen LogP contribution in [0.1, 0.15) is 45.4 Å². The van der Waals surface area contributed by atoms with Gasteiger partial charge in [-0.05, 0) is 38.1 Å². The lowest BCUT2D eigenvalue weighted by molar-refractivity contribution is -0.115. The molecule has 3 aliphatic rings. The molecule has 0 radical (unpaired) electrons. The highest BCUT2D eigenvalue weighted by molar-refractivity contribution is 4.96. The smallest absolute Gasteiger partial charge is 0.0951 e. The lowest BCUT2D eigenvalue weighted by atomic mass is 9.83. The maximum absolute atomic E-state index is 6.08. The van der Waals surface area contributed by atoms with E-state index in [1.54, 1.807) is 0 Å². The first-order chi connectivity index (χ1) is 9.76. The molecular formula is C16H30N2O2. The third-order valence-corrected chi connectivity index (χ3v) is 5.72. The topological polar surface area (TPSA) is 47.7 Å². The molecule has 0 aromatic heterocycles. The third kappa shape index (κ3) is 2.89. The van der Waals surface area contributed by atoms with Crippen molar-refractivity contribution in [2.24, 2.45) is 11.7 Å². The zero-order valence-corrected chi connectivity index (χ0v) is 12.9.